The molecule has 2 N–H and O–H groups in total. The summed E-state index contributed by atoms with van der Waals surface area (Å²) < 4.78 is 96.8. The van der Waals surface area contributed by atoms with Crippen molar-refractivity contribution in [2.24, 2.45) is 5.92 Å². The zero-order valence-corrected chi connectivity index (χ0v) is 23.7. The Hall–Kier alpha value is -3.44. The Balaban J connectivity index is 0.000000384. The van der Waals surface area contributed by atoms with E-state index in [1.54, 1.807) is 17.6 Å². The number of carbonyl (C=O) groups is 2. The number of carboxylic acids is 2. The summed E-state index contributed by atoms with van der Waals surface area (Å²) in [5.41, 5.74) is 2.29. The Morgan fingerprint density at radius 3 is 2.09 bits per heavy atom. The van der Waals surface area contributed by atoms with Crippen molar-refractivity contribution >= 4 is 22.0 Å². The molecule has 0 radical (unpaired) electrons. The van der Waals surface area contributed by atoms with E-state index in [1.807, 2.05) is 36.5 Å². The number of carboxylic acid groups (broad SMARTS) is 2. The van der Waals surface area contributed by atoms with Gasteiger partial charge in [-0.3, -0.25) is 9.88 Å². The molecule has 0 amide bonds. The molecule has 3 heterocycles. The molecule has 4 rings (SSSR count). The minimum Gasteiger partial charge on any atom is -0.497 e. The van der Waals surface area contributed by atoms with Crippen molar-refractivity contribution in [1.82, 2.24) is 14.2 Å². The number of sulfonamides is 1. The smallest absolute Gasteiger partial charge is 0.490 e. The highest BCUT2D eigenvalue weighted by Crippen LogP contribution is 2.34. The number of aromatic nitrogens is 1. The van der Waals surface area contributed by atoms with E-state index in [-0.39, 0.29) is 11.2 Å². The number of methoxy groups -OCH3 is 1. The highest BCUT2D eigenvalue weighted by atomic mass is 32.2. The summed E-state index contributed by atoms with van der Waals surface area (Å²) in [4.78, 5) is 24.3. The van der Waals surface area contributed by atoms with Gasteiger partial charge in [-0.25, -0.2) is 22.3 Å². The van der Waals surface area contributed by atoms with Crippen molar-refractivity contribution < 1.29 is 59.3 Å². The molecule has 0 unspecified atom stereocenters. The highest BCUT2D eigenvalue weighted by Gasteiger charge is 2.46. The molecule has 0 saturated carbocycles. The van der Waals surface area contributed by atoms with Crippen LogP contribution in [0.5, 0.6) is 5.75 Å². The monoisotopic (exact) mass is 643 g/mol. The zero-order chi connectivity index (χ0) is 32.4. The Labute approximate surface area is 243 Å². The lowest BCUT2D eigenvalue weighted by Crippen LogP contribution is -2.33. The Kier molecular flexibility index (Phi) is 12.8. The molecule has 0 aliphatic carbocycles. The first-order valence-electron chi connectivity index (χ1n) is 12.8. The first kappa shape index (κ1) is 35.8. The minimum atomic E-state index is -5.08. The average molecular weight is 644 g/mol. The van der Waals surface area contributed by atoms with Crippen LogP contribution >= 0.6 is 0 Å². The number of nitrogens with zero attached hydrogens (tertiary/aromatic N) is 3. The van der Waals surface area contributed by atoms with Crippen molar-refractivity contribution in [2.45, 2.75) is 43.4 Å². The van der Waals surface area contributed by atoms with Crippen LogP contribution in [0.3, 0.4) is 0 Å². The number of ether oxygens (including phenoxy) is 1. The van der Waals surface area contributed by atoms with Gasteiger partial charge in [-0.05, 0) is 67.6 Å². The number of hydrogen-bond donors (Lipinski definition) is 2. The summed E-state index contributed by atoms with van der Waals surface area (Å²) in [5, 5.41) is 14.0. The number of benzene rings is 1. The van der Waals surface area contributed by atoms with Gasteiger partial charge in [0, 0.05) is 32.0 Å². The fourth-order valence-corrected chi connectivity index (χ4v) is 6.80. The highest BCUT2D eigenvalue weighted by molar-refractivity contribution is 7.90. The number of pyridine rings is 1. The summed E-state index contributed by atoms with van der Waals surface area (Å²) in [6.45, 7) is 3.79. The normalized spacial score (nSPS) is 20.3. The second kappa shape index (κ2) is 15.3. The summed E-state index contributed by atoms with van der Waals surface area (Å²) in [6, 6.07) is 11.9. The maximum atomic E-state index is 13.2. The fourth-order valence-electron chi connectivity index (χ4n) is 4.56. The van der Waals surface area contributed by atoms with Crippen molar-refractivity contribution in [3.63, 3.8) is 0 Å². The van der Waals surface area contributed by atoms with E-state index in [1.165, 1.54) is 5.56 Å². The third-order valence-corrected chi connectivity index (χ3v) is 9.09. The van der Waals surface area contributed by atoms with Crippen molar-refractivity contribution in [2.75, 3.05) is 33.3 Å². The topological polar surface area (TPSA) is 137 Å². The summed E-state index contributed by atoms with van der Waals surface area (Å²) in [7, 11) is -1.58. The zero-order valence-electron chi connectivity index (χ0n) is 22.9. The fraction of sp³-hybridized carbons (Fsp3) is 0.500. The maximum absolute atomic E-state index is 13.2. The van der Waals surface area contributed by atoms with E-state index in [2.05, 4.69) is 16.0 Å². The van der Waals surface area contributed by atoms with E-state index in [9.17, 15) is 34.8 Å². The van der Waals surface area contributed by atoms with Crippen molar-refractivity contribution in [3.8, 4) is 5.75 Å². The first-order chi connectivity index (χ1) is 19.9. The molecule has 43 heavy (non-hydrogen) atoms. The van der Waals surface area contributed by atoms with E-state index < -0.39 is 34.3 Å². The largest absolute Gasteiger partial charge is 0.497 e. The maximum Gasteiger partial charge on any atom is 0.490 e. The van der Waals surface area contributed by atoms with Gasteiger partial charge in [0.15, 0.2) is 0 Å². The number of rotatable bonds is 6. The van der Waals surface area contributed by atoms with Crippen LogP contribution in [0, 0.1) is 5.92 Å². The van der Waals surface area contributed by atoms with Crippen LogP contribution in [-0.2, 0) is 32.6 Å². The molecule has 0 bridgehead atoms. The van der Waals surface area contributed by atoms with Crippen LogP contribution in [-0.4, -0.2) is 95.6 Å². The standard InChI is InChI=1S/C22H29N3O3S.2C2HF3O2/c1-28-21-6-2-4-18(14-21)7-13-25-17-20-8-11-24(12-9-22(20)29(25,26)27)16-19-5-3-10-23-15-19;2*3-2(4,5)1(6)7/h2-6,10,14-15,20,22H,7-9,11-13,16-17H2,1H3;2*(H,6,7)/t20-,22-;;/m1../s1. The van der Waals surface area contributed by atoms with Gasteiger partial charge in [-0.2, -0.15) is 26.3 Å². The van der Waals surface area contributed by atoms with Gasteiger partial charge >= 0.3 is 24.3 Å². The summed E-state index contributed by atoms with van der Waals surface area (Å²) in [6.07, 6.45) is -4.14. The van der Waals surface area contributed by atoms with Gasteiger partial charge in [0.25, 0.3) is 0 Å². The number of likely N-dealkylation sites (tertiary alicyclic amines) is 1. The summed E-state index contributed by atoms with van der Waals surface area (Å²) >= 11 is 0. The third kappa shape index (κ3) is 11.3. The molecule has 2 atom stereocenters. The van der Waals surface area contributed by atoms with Crippen LogP contribution in [0.4, 0.5) is 26.3 Å². The number of alkyl halides is 6. The van der Waals surface area contributed by atoms with Crippen molar-refractivity contribution in [1.29, 1.82) is 0 Å². The van der Waals surface area contributed by atoms with Crippen LogP contribution in [0.2, 0.25) is 0 Å². The van der Waals surface area contributed by atoms with Gasteiger partial charge in [0.05, 0.1) is 12.4 Å². The van der Waals surface area contributed by atoms with Gasteiger partial charge in [-0.15, -0.1) is 0 Å². The predicted molar refractivity (Wildman–Crippen MR) is 141 cm³/mol. The summed E-state index contributed by atoms with van der Waals surface area (Å²) in [5.74, 6) is -4.48. The lowest BCUT2D eigenvalue weighted by Gasteiger charge is -2.21. The molecule has 2 fully saturated rings. The molecule has 2 saturated heterocycles. The number of aliphatic carboxylic acids is 2. The van der Waals surface area contributed by atoms with E-state index in [0.717, 1.165) is 37.4 Å². The van der Waals surface area contributed by atoms with Crippen LogP contribution < -0.4 is 4.74 Å². The quantitative estimate of drug-likeness (QED) is 0.450. The molecule has 10 nitrogen and oxygen atoms in total. The predicted octanol–water partition coefficient (Wildman–Crippen LogP) is 3.83. The van der Waals surface area contributed by atoms with Gasteiger partial charge < -0.3 is 14.9 Å². The molecule has 2 aliphatic rings. The number of hydrogen-bond acceptors (Lipinski definition) is 7. The average Bonchev–Trinajstić information content (AvgIpc) is 3.03. The first-order valence-corrected chi connectivity index (χ1v) is 14.3. The second-order valence-corrected chi connectivity index (χ2v) is 11.8. The second-order valence-electron chi connectivity index (χ2n) is 9.62. The molecular weight excluding hydrogens is 612 g/mol. The van der Waals surface area contributed by atoms with Gasteiger partial charge in [-0.1, -0.05) is 18.2 Å². The van der Waals surface area contributed by atoms with Crippen molar-refractivity contribution in [3.05, 3.63) is 59.9 Å². The number of fused-ring (bicyclic) bond motifs is 1. The third-order valence-electron chi connectivity index (χ3n) is 6.65. The van der Waals surface area contributed by atoms with E-state index >= 15 is 0 Å². The van der Waals surface area contributed by atoms with Crippen LogP contribution in [0.15, 0.2) is 48.8 Å². The molecule has 0 spiro atoms. The molecule has 2 aromatic rings. The van der Waals surface area contributed by atoms with Gasteiger partial charge in [0.2, 0.25) is 10.0 Å². The molecule has 1 aromatic heterocycles. The van der Waals surface area contributed by atoms with E-state index in [4.69, 9.17) is 24.5 Å². The molecule has 240 valence electrons. The lowest BCUT2D eigenvalue weighted by atomic mass is 10.0. The lowest BCUT2D eigenvalue weighted by molar-refractivity contribution is -0.193. The number of halogens is 6. The van der Waals surface area contributed by atoms with Crippen LogP contribution in [0.1, 0.15) is 24.0 Å². The van der Waals surface area contributed by atoms with E-state index in [0.29, 0.717) is 25.9 Å². The Morgan fingerprint density at radius 2 is 1.56 bits per heavy atom. The molecule has 1 aromatic carbocycles. The van der Waals surface area contributed by atoms with Crippen LogP contribution in [0.25, 0.3) is 0 Å². The Morgan fingerprint density at radius 1 is 0.977 bits per heavy atom. The minimum absolute atomic E-state index is 0.226. The molecular formula is C26H31F6N3O7S. The molecule has 2 aliphatic heterocycles. The Bertz CT molecular complexity index is 1290. The van der Waals surface area contributed by atoms with Gasteiger partial charge in [0.1, 0.15) is 5.75 Å². The molecule has 17 heteroatoms. The SMILES string of the molecule is COc1cccc(CCN2C[C@H]3CCN(Cc4cccnc4)CC[C@H]3S2(=O)=O)c1.O=C(O)C(F)(F)F.O=C(O)C(F)(F)F.